The number of imide groups is 1. The van der Waals surface area contributed by atoms with Crippen LogP contribution >= 0.6 is 11.8 Å². The summed E-state index contributed by atoms with van der Waals surface area (Å²) >= 11 is 1.74. The van der Waals surface area contributed by atoms with E-state index in [-0.39, 0.29) is 12.5 Å². The van der Waals surface area contributed by atoms with Gasteiger partial charge in [-0.05, 0) is 47.9 Å². The number of carbonyl (C=O) groups is 3. The highest BCUT2D eigenvalue weighted by Gasteiger charge is 2.50. The maximum absolute atomic E-state index is 13.4. The predicted octanol–water partition coefficient (Wildman–Crippen LogP) is 4.52. The summed E-state index contributed by atoms with van der Waals surface area (Å²) < 4.78 is 0. The fourth-order valence-corrected chi connectivity index (χ4v) is 5.62. The largest absolute Gasteiger partial charge is 0.325 e. The van der Waals surface area contributed by atoms with Gasteiger partial charge in [0.05, 0.1) is 5.69 Å². The van der Waals surface area contributed by atoms with Crippen molar-refractivity contribution >= 4 is 46.1 Å². The van der Waals surface area contributed by atoms with Crippen LogP contribution in [0.15, 0.2) is 71.6 Å². The van der Waals surface area contributed by atoms with E-state index in [1.54, 1.807) is 23.6 Å². The van der Waals surface area contributed by atoms with Gasteiger partial charge in [0.25, 0.3) is 5.91 Å². The zero-order valence-corrected chi connectivity index (χ0v) is 19.4. The van der Waals surface area contributed by atoms with Crippen molar-refractivity contribution in [1.82, 2.24) is 10.2 Å². The number of nitrogens with zero attached hydrogens (tertiary/aromatic N) is 2. The number of anilines is 1. The van der Waals surface area contributed by atoms with E-state index in [9.17, 15) is 14.4 Å². The summed E-state index contributed by atoms with van der Waals surface area (Å²) in [5.41, 5.74) is 0.309. The minimum absolute atomic E-state index is 0.261. The van der Waals surface area contributed by atoms with Crippen LogP contribution in [-0.2, 0) is 15.1 Å². The molecule has 5 rings (SSSR count). The van der Waals surface area contributed by atoms with Crippen LogP contribution < -0.4 is 10.2 Å². The van der Waals surface area contributed by atoms with Gasteiger partial charge in [-0.3, -0.25) is 14.5 Å². The summed E-state index contributed by atoms with van der Waals surface area (Å²) in [4.78, 5) is 43.4. The molecule has 0 spiro atoms. The molecule has 0 radical (unpaired) electrons. The molecule has 2 aliphatic rings. The van der Waals surface area contributed by atoms with E-state index in [1.165, 1.54) is 0 Å². The number of hydrogen-bond acceptors (Lipinski definition) is 4. The van der Waals surface area contributed by atoms with E-state index in [2.05, 4.69) is 12.2 Å². The van der Waals surface area contributed by atoms with Gasteiger partial charge in [0.2, 0.25) is 5.91 Å². The lowest BCUT2D eigenvalue weighted by molar-refractivity contribution is -0.134. The molecule has 168 valence electrons. The van der Waals surface area contributed by atoms with Gasteiger partial charge in [-0.15, -0.1) is 11.8 Å². The highest BCUT2D eigenvalue weighted by Crippen LogP contribution is 2.37. The lowest BCUT2D eigenvalue weighted by atomic mass is 9.90. The first kappa shape index (κ1) is 21.5. The van der Waals surface area contributed by atoms with Gasteiger partial charge in [0.15, 0.2) is 0 Å². The summed E-state index contributed by atoms with van der Waals surface area (Å²) in [6.07, 6.45) is 0.833. The smallest absolute Gasteiger partial charge is 0.319 e. The third-order valence-corrected chi connectivity index (χ3v) is 7.68. The first-order valence-electron chi connectivity index (χ1n) is 11.1. The maximum atomic E-state index is 13.4. The zero-order valence-electron chi connectivity index (χ0n) is 18.6. The van der Waals surface area contributed by atoms with Gasteiger partial charge in [0, 0.05) is 16.7 Å². The van der Waals surface area contributed by atoms with Crippen LogP contribution in [-0.4, -0.2) is 41.1 Å². The topological polar surface area (TPSA) is 69.7 Å². The molecule has 0 saturated carbocycles. The number of benzene rings is 3. The number of nitrogens with one attached hydrogen (secondary N) is 1. The number of rotatable bonds is 3. The van der Waals surface area contributed by atoms with Gasteiger partial charge in [-0.2, -0.15) is 0 Å². The Labute approximate surface area is 196 Å². The number of carbonyl (C=O) groups excluding carboxylic acids is 3. The molecule has 0 unspecified atom stereocenters. The van der Waals surface area contributed by atoms with Crippen molar-refractivity contribution in [3.05, 3.63) is 72.3 Å². The average Bonchev–Trinajstić information content (AvgIpc) is 2.94. The molecule has 0 bridgehead atoms. The van der Waals surface area contributed by atoms with E-state index >= 15 is 0 Å². The number of fused-ring (bicyclic) bond motifs is 2. The van der Waals surface area contributed by atoms with Gasteiger partial charge in [-0.25, -0.2) is 4.79 Å². The molecular weight excluding hydrogens is 434 g/mol. The molecule has 0 aromatic heterocycles. The van der Waals surface area contributed by atoms with Crippen molar-refractivity contribution in [1.29, 1.82) is 0 Å². The molecule has 6 nitrogen and oxygen atoms in total. The van der Waals surface area contributed by atoms with Crippen LogP contribution in [0.5, 0.6) is 0 Å². The third-order valence-electron chi connectivity index (χ3n) is 6.44. The fourth-order valence-electron chi connectivity index (χ4n) is 4.50. The molecule has 1 saturated heterocycles. The standard InChI is InChI=1S/C26H25N3O3S/c1-17-13-14-28(21-9-5-6-10-22(21)33-17)23(30)16-29-24(31)26(2,27-25(29)32)20-12-11-18-7-3-4-8-19(18)15-20/h3-12,15,17H,13-14,16H2,1-2H3,(H,27,32)/t17-,26+/m1/s1. The molecule has 2 atom stereocenters. The van der Waals surface area contributed by atoms with Crippen molar-refractivity contribution in [3.8, 4) is 0 Å². The van der Waals surface area contributed by atoms with Crippen molar-refractivity contribution in [2.75, 3.05) is 18.0 Å². The normalized spacial score (nSPS) is 22.8. The minimum atomic E-state index is -1.22. The molecule has 7 heteroatoms. The SMILES string of the molecule is C[C@@H]1CCN(C(=O)CN2C(=O)N[C@@](C)(c3ccc4ccccc4c3)C2=O)c2ccccc2S1. The number of urea groups is 1. The van der Waals surface area contributed by atoms with Crippen LogP contribution in [0, 0.1) is 0 Å². The lowest BCUT2D eigenvalue weighted by Crippen LogP contribution is -2.45. The van der Waals surface area contributed by atoms with Gasteiger partial charge in [0.1, 0.15) is 12.1 Å². The number of thioether (sulfide) groups is 1. The lowest BCUT2D eigenvalue weighted by Gasteiger charge is -2.25. The van der Waals surface area contributed by atoms with Gasteiger partial charge < -0.3 is 10.2 Å². The highest BCUT2D eigenvalue weighted by molar-refractivity contribution is 8.00. The second-order valence-electron chi connectivity index (χ2n) is 8.74. The Balaban J connectivity index is 1.41. The average molecular weight is 460 g/mol. The Morgan fingerprint density at radius 1 is 1.06 bits per heavy atom. The van der Waals surface area contributed by atoms with Crippen molar-refractivity contribution < 1.29 is 14.4 Å². The second kappa shape index (κ2) is 8.23. The molecule has 33 heavy (non-hydrogen) atoms. The zero-order chi connectivity index (χ0) is 23.2. The monoisotopic (exact) mass is 459 g/mol. The summed E-state index contributed by atoms with van der Waals surface area (Å²) in [6, 6.07) is 20.8. The van der Waals surface area contributed by atoms with Gasteiger partial charge >= 0.3 is 6.03 Å². The predicted molar refractivity (Wildman–Crippen MR) is 130 cm³/mol. The van der Waals surface area contributed by atoms with Crippen LogP contribution in [0.1, 0.15) is 25.8 Å². The Kier molecular flexibility index (Phi) is 5.37. The van der Waals surface area contributed by atoms with Crippen LogP contribution in [0.2, 0.25) is 0 Å². The summed E-state index contributed by atoms with van der Waals surface area (Å²) in [7, 11) is 0. The quantitative estimate of drug-likeness (QED) is 0.585. The molecule has 4 amide bonds. The molecule has 3 aromatic rings. The Hall–Kier alpha value is -3.32. The van der Waals surface area contributed by atoms with E-state index in [0.717, 1.165) is 32.7 Å². The molecule has 1 N–H and O–H groups in total. The first-order valence-corrected chi connectivity index (χ1v) is 11.9. The van der Waals surface area contributed by atoms with Crippen molar-refractivity contribution in [3.63, 3.8) is 0 Å². The number of hydrogen-bond donors (Lipinski definition) is 1. The summed E-state index contributed by atoms with van der Waals surface area (Å²) in [5.74, 6) is -0.676. The highest BCUT2D eigenvalue weighted by atomic mass is 32.2. The Morgan fingerprint density at radius 2 is 1.79 bits per heavy atom. The second-order valence-corrected chi connectivity index (χ2v) is 10.2. The molecule has 2 aliphatic heterocycles. The Morgan fingerprint density at radius 3 is 2.61 bits per heavy atom. The summed E-state index contributed by atoms with van der Waals surface area (Å²) in [6.45, 7) is 4.10. The number of amides is 4. The molecule has 0 aliphatic carbocycles. The Bertz CT molecular complexity index is 1280. The first-order chi connectivity index (χ1) is 15.9. The van der Waals surface area contributed by atoms with Crippen molar-refractivity contribution in [2.45, 2.75) is 36.0 Å². The van der Waals surface area contributed by atoms with E-state index in [4.69, 9.17) is 0 Å². The van der Waals surface area contributed by atoms with E-state index < -0.39 is 17.5 Å². The van der Waals surface area contributed by atoms with Crippen LogP contribution in [0.3, 0.4) is 0 Å². The summed E-state index contributed by atoms with van der Waals surface area (Å²) in [5, 5.41) is 5.24. The van der Waals surface area contributed by atoms with E-state index in [1.807, 2.05) is 66.7 Å². The third kappa shape index (κ3) is 3.76. The molecule has 3 aromatic carbocycles. The van der Waals surface area contributed by atoms with Crippen LogP contribution in [0.25, 0.3) is 10.8 Å². The molecule has 2 heterocycles. The fraction of sp³-hybridized carbons (Fsp3) is 0.269. The van der Waals surface area contributed by atoms with Crippen LogP contribution in [0.4, 0.5) is 10.5 Å². The molecule has 1 fully saturated rings. The molecular formula is C26H25N3O3S. The van der Waals surface area contributed by atoms with E-state index in [0.29, 0.717) is 17.4 Å². The van der Waals surface area contributed by atoms with Gasteiger partial charge in [-0.1, -0.05) is 55.5 Å². The van der Waals surface area contributed by atoms with Crippen molar-refractivity contribution in [2.24, 2.45) is 0 Å². The maximum Gasteiger partial charge on any atom is 0.325 e. The number of para-hydroxylation sites is 1. The minimum Gasteiger partial charge on any atom is -0.319 e.